The number of ether oxygens (including phenoxy) is 1. The normalized spacial score (nSPS) is 31.6. The summed E-state index contributed by atoms with van der Waals surface area (Å²) in [7, 11) is 0. The van der Waals surface area contributed by atoms with Gasteiger partial charge in [0.2, 0.25) is 0 Å². The van der Waals surface area contributed by atoms with Gasteiger partial charge in [0.15, 0.2) is 0 Å². The lowest BCUT2D eigenvalue weighted by Crippen LogP contribution is -2.42. The molecule has 1 aromatic carbocycles. The Morgan fingerprint density at radius 2 is 2.00 bits per heavy atom. The fraction of sp³-hybridized carbons (Fsp3) is 0.591. The summed E-state index contributed by atoms with van der Waals surface area (Å²) in [6.07, 6.45) is 5.27. The molecule has 5 nitrogen and oxygen atoms in total. The first kappa shape index (κ1) is 18.2. The van der Waals surface area contributed by atoms with Gasteiger partial charge in [-0.2, -0.15) is 0 Å². The SMILES string of the molecule is C[C@@]12CC[C@H]3c4ccc(OC(=O)CCC(=O)[O-])cc4CC[C@H]3[C@@H]1CCC2=O. The summed E-state index contributed by atoms with van der Waals surface area (Å²) in [6.45, 7) is 2.17. The van der Waals surface area contributed by atoms with E-state index in [9.17, 15) is 19.5 Å². The summed E-state index contributed by atoms with van der Waals surface area (Å²) in [5.41, 5.74) is 2.43. The molecule has 0 amide bonds. The summed E-state index contributed by atoms with van der Waals surface area (Å²) >= 11 is 0. The van der Waals surface area contributed by atoms with Crippen LogP contribution in [0.25, 0.3) is 0 Å². The van der Waals surface area contributed by atoms with E-state index in [-0.39, 0.29) is 18.3 Å². The highest BCUT2D eigenvalue weighted by molar-refractivity contribution is 5.87. The summed E-state index contributed by atoms with van der Waals surface area (Å²) < 4.78 is 5.29. The van der Waals surface area contributed by atoms with Crippen molar-refractivity contribution in [1.29, 1.82) is 0 Å². The van der Waals surface area contributed by atoms with Gasteiger partial charge >= 0.3 is 5.97 Å². The van der Waals surface area contributed by atoms with Crippen molar-refractivity contribution < 1.29 is 24.2 Å². The molecule has 144 valence electrons. The van der Waals surface area contributed by atoms with Crippen LogP contribution in [-0.2, 0) is 20.8 Å². The van der Waals surface area contributed by atoms with Gasteiger partial charge in [0.05, 0.1) is 6.42 Å². The maximum atomic E-state index is 12.4. The van der Waals surface area contributed by atoms with E-state index in [1.807, 2.05) is 12.1 Å². The van der Waals surface area contributed by atoms with E-state index in [2.05, 4.69) is 13.0 Å². The molecular formula is C22H25O5-. The summed E-state index contributed by atoms with van der Waals surface area (Å²) in [5, 5.41) is 10.5. The average Bonchev–Trinajstić information content (AvgIpc) is 2.94. The Hall–Kier alpha value is -2.17. The van der Waals surface area contributed by atoms with Crippen molar-refractivity contribution in [3.8, 4) is 5.75 Å². The van der Waals surface area contributed by atoms with Crippen molar-refractivity contribution in [2.24, 2.45) is 17.3 Å². The number of fused-ring (bicyclic) bond motifs is 5. The number of ketones is 1. The molecule has 1 aromatic rings. The highest BCUT2D eigenvalue weighted by Gasteiger charge is 2.54. The number of carbonyl (C=O) groups is 3. The van der Waals surface area contributed by atoms with Crippen LogP contribution in [0.15, 0.2) is 18.2 Å². The van der Waals surface area contributed by atoms with Crippen molar-refractivity contribution in [2.45, 2.75) is 64.2 Å². The molecule has 0 radical (unpaired) electrons. The van der Waals surface area contributed by atoms with E-state index in [0.717, 1.165) is 38.5 Å². The van der Waals surface area contributed by atoms with E-state index in [0.29, 0.717) is 29.3 Å². The Labute approximate surface area is 159 Å². The topological polar surface area (TPSA) is 83.5 Å². The largest absolute Gasteiger partial charge is 0.550 e. The number of esters is 1. The molecule has 0 unspecified atom stereocenters. The Bertz CT molecular complexity index is 798. The van der Waals surface area contributed by atoms with E-state index in [4.69, 9.17) is 4.74 Å². The van der Waals surface area contributed by atoms with E-state index in [1.54, 1.807) is 0 Å². The fourth-order valence-corrected chi connectivity index (χ4v) is 5.78. The number of Topliss-reactive ketones (excluding diaryl/α,β-unsaturated/α-hetero) is 1. The lowest BCUT2D eigenvalue weighted by atomic mass is 9.55. The third-order valence-electron chi connectivity index (χ3n) is 7.17. The molecule has 2 fully saturated rings. The predicted molar refractivity (Wildman–Crippen MR) is 95.9 cm³/mol. The summed E-state index contributed by atoms with van der Waals surface area (Å²) in [6, 6.07) is 5.80. The molecule has 0 aromatic heterocycles. The highest BCUT2D eigenvalue weighted by Crippen LogP contribution is 2.59. The van der Waals surface area contributed by atoms with Gasteiger partial charge in [-0.05, 0) is 79.5 Å². The van der Waals surface area contributed by atoms with E-state index >= 15 is 0 Å². The number of carboxylic acids is 1. The van der Waals surface area contributed by atoms with Gasteiger partial charge in [-0.15, -0.1) is 0 Å². The molecule has 0 N–H and O–H groups in total. The van der Waals surface area contributed by atoms with Crippen LogP contribution in [-0.4, -0.2) is 17.7 Å². The Morgan fingerprint density at radius 3 is 2.78 bits per heavy atom. The molecule has 3 aliphatic rings. The number of hydrogen-bond donors (Lipinski definition) is 0. The van der Waals surface area contributed by atoms with Gasteiger partial charge in [0, 0.05) is 17.8 Å². The zero-order valence-corrected chi connectivity index (χ0v) is 15.7. The molecule has 4 atom stereocenters. The van der Waals surface area contributed by atoms with E-state index < -0.39 is 11.9 Å². The van der Waals surface area contributed by atoms with Gasteiger partial charge in [0.1, 0.15) is 11.5 Å². The second-order valence-corrected chi connectivity index (χ2v) is 8.54. The molecule has 0 saturated heterocycles. The van der Waals surface area contributed by atoms with Crippen molar-refractivity contribution >= 4 is 17.7 Å². The molecule has 2 saturated carbocycles. The van der Waals surface area contributed by atoms with Crippen LogP contribution in [0.1, 0.15) is 68.9 Å². The van der Waals surface area contributed by atoms with Crippen molar-refractivity contribution in [1.82, 2.24) is 0 Å². The molecule has 3 aliphatic carbocycles. The van der Waals surface area contributed by atoms with Gasteiger partial charge in [-0.1, -0.05) is 13.0 Å². The number of carbonyl (C=O) groups excluding carboxylic acids is 3. The Morgan fingerprint density at radius 1 is 1.19 bits per heavy atom. The number of aryl methyl sites for hydroxylation is 1. The second kappa shape index (κ2) is 6.77. The van der Waals surface area contributed by atoms with Crippen LogP contribution in [0.3, 0.4) is 0 Å². The minimum atomic E-state index is -1.25. The zero-order chi connectivity index (χ0) is 19.2. The first-order valence-electron chi connectivity index (χ1n) is 9.95. The number of hydrogen-bond acceptors (Lipinski definition) is 5. The van der Waals surface area contributed by atoms with Gasteiger partial charge in [0.25, 0.3) is 0 Å². The minimum Gasteiger partial charge on any atom is -0.550 e. The monoisotopic (exact) mass is 369 g/mol. The Kier molecular flexibility index (Phi) is 4.57. The number of aliphatic carboxylic acids is 1. The zero-order valence-electron chi connectivity index (χ0n) is 15.7. The summed E-state index contributed by atoms with van der Waals surface area (Å²) in [4.78, 5) is 34.6. The standard InChI is InChI=1S/C22H26O5/c1-22-11-10-16-15-5-3-14(27-21(26)9-8-20(24)25)12-13(15)2-4-17(16)18(22)6-7-19(22)23/h3,5,12,16-18H,2,4,6-11H2,1H3,(H,24,25)/p-1/t16-,17+,18-,22+/m0/s1. The van der Waals surface area contributed by atoms with Crippen LogP contribution < -0.4 is 9.84 Å². The minimum absolute atomic E-state index is 0.118. The van der Waals surface area contributed by atoms with Crippen molar-refractivity contribution in [3.63, 3.8) is 0 Å². The smallest absolute Gasteiger partial charge is 0.311 e. The number of benzene rings is 1. The molecule has 0 bridgehead atoms. The second-order valence-electron chi connectivity index (χ2n) is 8.54. The summed E-state index contributed by atoms with van der Waals surface area (Å²) in [5.74, 6) is 0.686. The Balaban J connectivity index is 1.50. The molecular weight excluding hydrogens is 344 g/mol. The van der Waals surface area contributed by atoms with Crippen LogP contribution in [0.4, 0.5) is 0 Å². The third-order valence-corrected chi connectivity index (χ3v) is 7.17. The average molecular weight is 369 g/mol. The first-order valence-corrected chi connectivity index (χ1v) is 9.95. The van der Waals surface area contributed by atoms with Gasteiger partial charge in [-0.25, -0.2) is 0 Å². The fourth-order valence-electron chi connectivity index (χ4n) is 5.78. The molecule has 5 heteroatoms. The molecule has 0 spiro atoms. The molecule has 0 heterocycles. The number of carboxylic acid groups (broad SMARTS) is 1. The maximum absolute atomic E-state index is 12.4. The van der Waals surface area contributed by atoms with Crippen LogP contribution >= 0.6 is 0 Å². The van der Waals surface area contributed by atoms with Gasteiger partial charge in [-0.3, -0.25) is 9.59 Å². The first-order chi connectivity index (χ1) is 12.9. The third kappa shape index (κ3) is 3.17. The van der Waals surface area contributed by atoms with Crippen molar-refractivity contribution in [2.75, 3.05) is 0 Å². The predicted octanol–water partition coefficient (Wildman–Crippen LogP) is 2.55. The van der Waals surface area contributed by atoms with Crippen molar-refractivity contribution in [3.05, 3.63) is 29.3 Å². The highest BCUT2D eigenvalue weighted by atomic mass is 16.5. The molecule has 4 rings (SSSR count). The lowest BCUT2D eigenvalue weighted by molar-refractivity contribution is -0.305. The van der Waals surface area contributed by atoms with Crippen LogP contribution in [0.5, 0.6) is 5.75 Å². The molecule has 0 aliphatic heterocycles. The van der Waals surface area contributed by atoms with Gasteiger partial charge < -0.3 is 14.6 Å². The van der Waals surface area contributed by atoms with E-state index in [1.165, 1.54) is 11.1 Å². The van der Waals surface area contributed by atoms with Crippen LogP contribution in [0, 0.1) is 17.3 Å². The quantitative estimate of drug-likeness (QED) is 0.602. The lowest BCUT2D eigenvalue weighted by Gasteiger charge is -2.48. The number of rotatable bonds is 4. The molecule has 27 heavy (non-hydrogen) atoms. The maximum Gasteiger partial charge on any atom is 0.311 e. The van der Waals surface area contributed by atoms with Crippen LogP contribution in [0.2, 0.25) is 0 Å².